The molecule has 0 saturated heterocycles. The summed E-state index contributed by atoms with van der Waals surface area (Å²) in [6.45, 7) is 8.51. The highest BCUT2D eigenvalue weighted by Gasteiger charge is 2.19. The van der Waals surface area contributed by atoms with Crippen LogP contribution >= 0.6 is 34.8 Å². The number of hydrogen-bond donors (Lipinski definition) is 2. The standard InChI is InChI=1S/C29H27Cl3N4O2/c1-17(23-13-22(31)14-24(32)27(23)37)33-34-28(38)26-15-25(19-7-11-21(30)12-8-19)35-36(26)16-18-5-9-20(10-6-18)29(2,3)4/h5-15,37H,16H2,1-4H3,(H,34,38)/b33-17+. The molecule has 0 atom stereocenters. The van der Waals surface area contributed by atoms with Crippen molar-refractivity contribution in [1.29, 1.82) is 0 Å². The van der Waals surface area contributed by atoms with E-state index < -0.39 is 5.91 Å². The van der Waals surface area contributed by atoms with E-state index in [0.29, 0.717) is 39.3 Å². The van der Waals surface area contributed by atoms with Gasteiger partial charge in [-0.3, -0.25) is 9.48 Å². The molecule has 0 saturated carbocycles. The summed E-state index contributed by atoms with van der Waals surface area (Å²) in [6, 6.07) is 20.2. The monoisotopic (exact) mass is 568 g/mol. The number of carbonyl (C=O) groups excluding carboxylic acids is 1. The van der Waals surface area contributed by atoms with Crippen LogP contribution in [0.2, 0.25) is 15.1 Å². The highest BCUT2D eigenvalue weighted by atomic mass is 35.5. The molecule has 1 heterocycles. The summed E-state index contributed by atoms with van der Waals surface area (Å²) in [4.78, 5) is 13.3. The van der Waals surface area contributed by atoms with Crippen LogP contribution in [-0.2, 0) is 12.0 Å². The maximum atomic E-state index is 13.3. The van der Waals surface area contributed by atoms with Crippen LogP contribution < -0.4 is 5.43 Å². The molecular formula is C29H27Cl3N4O2. The van der Waals surface area contributed by atoms with Gasteiger partial charge in [0.15, 0.2) is 0 Å². The number of phenols is 1. The lowest BCUT2D eigenvalue weighted by atomic mass is 9.87. The molecule has 0 unspecified atom stereocenters. The van der Waals surface area contributed by atoms with Gasteiger partial charge in [0.1, 0.15) is 11.4 Å². The zero-order valence-corrected chi connectivity index (χ0v) is 23.7. The number of halogens is 3. The van der Waals surface area contributed by atoms with Crippen LogP contribution in [0.5, 0.6) is 5.75 Å². The molecule has 1 amide bonds. The predicted molar refractivity (Wildman–Crippen MR) is 155 cm³/mol. The third kappa shape index (κ3) is 6.38. The molecule has 3 aromatic carbocycles. The normalized spacial score (nSPS) is 12.0. The molecule has 0 aliphatic carbocycles. The molecule has 0 fully saturated rings. The molecule has 0 spiro atoms. The summed E-state index contributed by atoms with van der Waals surface area (Å²) >= 11 is 18.1. The first-order valence-corrected chi connectivity index (χ1v) is 13.0. The van der Waals surface area contributed by atoms with E-state index in [1.165, 1.54) is 17.7 Å². The van der Waals surface area contributed by atoms with Gasteiger partial charge >= 0.3 is 0 Å². The average Bonchev–Trinajstić information content (AvgIpc) is 3.28. The van der Waals surface area contributed by atoms with E-state index in [4.69, 9.17) is 39.9 Å². The van der Waals surface area contributed by atoms with E-state index in [1.807, 2.05) is 24.3 Å². The van der Waals surface area contributed by atoms with Crippen molar-refractivity contribution in [1.82, 2.24) is 15.2 Å². The molecular weight excluding hydrogens is 543 g/mol. The number of hydrazone groups is 1. The van der Waals surface area contributed by atoms with Gasteiger partial charge in [-0.1, -0.05) is 92.0 Å². The van der Waals surface area contributed by atoms with Crippen molar-refractivity contribution in [3.05, 3.63) is 104 Å². The average molecular weight is 570 g/mol. The summed E-state index contributed by atoms with van der Waals surface area (Å²) < 4.78 is 1.64. The van der Waals surface area contributed by atoms with E-state index in [0.717, 1.165) is 11.1 Å². The van der Waals surface area contributed by atoms with E-state index in [-0.39, 0.29) is 16.2 Å². The van der Waals surface area contributed by atoms with Crippen molar-refractivity contribution in [3.8, 4) is 17.0 Å². The van der Waals surface area contributed by atoms with Crippen LogP contribution in [0, 0.1) is 0 Å². The number of phenolic OH excluding ortho intramolecular Hbond substituents is 1. The Labute approximate surface area is 236 Å². The molecule has 6 nitrogen and oxygen atoms in total. The topological polar surface area (TPSA) is 79.5 Å². The molecule has 0 aliphatic rings. The van der Waals surface area contributed by atoms with Gasteiger partial charge in [0.2, 0.25) is 0 Å². The van der Waals surface area contributed by atoms with Crippen LogP contribution in [0.3, 0.4) is 0 Å². The lowest BCUT2D eigenvalue weighted by Crippen LogP contribution is -2.23. The van der Waals surface area contributed by atoms with E-state index in [9.17, 15) is 9.90 Å². The van der Waals surface area contributed by atoms with Crippen molar-refractivity contribution in [3.63, 3.8) is 0 Å². The van der Waals surface area contributed by atoms with Crippen LogP contribution in [0.4, 0.5) is 0 Å². The lowest BCUT2D eigenvalue weighted by Gasteiger charge is -2.19. The molecule has 0 radical (unpaired) electrons. The number of hydrogen-bond acceptors (Lipinski definition) is 4. The molecule has 196 valence electrons. The van der Waals surface area contributed by atoms with Gasteiger partial charge < -0.3 is 5.11 Å². The van der Waals surface area contributed by atoms with Crippen molar-refractivity contribution in [2.24, 2.45) is 5.10 Å². The molecule has 1 aromatic heterocycles. The van der Waals surface area contributed by atoms with Gasteiger partial charge in [-0.05, 0) is 53.8 Å². The highest BCUT2D eigenvalue weighted by Crippen LogP contribution is 2.31. The number of aromatic nitrogens is 2. The zero-order valence-electron chi connectivity index (χ0n) is 21.4. The Bertz CT molecular complexity index is 1500. The van der Waals surface area contributed by atoms with Crippen molar-refractivity contribution >= 4 is 46.4 Å². The number of aromatic hydroxyl groups is 1. The van der Waals surface area contributed by atoms with Crippen LogP contribution in [0.15, 0.2) is 71.8 Å². The van der Waals surface area contributed by atoms with E-state index >= 15 is 0 Å². The molecule has 9 heteroatoms. The number of nitrogens with one attached hydrogen (secondary N) is 1. The Morgan fingerprint density at radius 3 is 2.26 bits per heavy atom. The number of nitrogens with zero attached hydrogens (tertiary/aromatic N) is 3. The maximum absolute atomic E-state index is 13.3. The number of amides is 1. The molecule has 4 aromatic rings. The fraction of sp³-hybridized carbons (Fsp3) is 0.207. The van der Waals surface area contributed by atoms with Crippen LogP contribution in [0.25, 0.3) is 11.3 Å². The first-order valence-electron chi connectivity index (χ1n) is 11.9. The quantitative estimate of drug-likeness (QED) is 0.184. The highest BCUT2D eigenvalue weighted by molar-refractivity contribution is 6.36. The fourth-order valence-corrected chi connectivity index (χ4v) is 4.48. The van der Waals surface area contributed by atoms with E-state index in [2.05, 4.69) is 43.4 Å². The molecule has 0 aliphatic heterocycles. The Morgan fingerprint density at radius 2 is 1.63 bits per heavy atom. The van der Waals surface area contributed by atoms with Gasteiger partial charge in [-0.25, -0.2) is 5.43 Å². The van der Waals surface area contributed by atoms with Gasteiger partial charge in [0.25, 0.3) is 5.91 Å². The Hall–Kier alpha value is -3.32. The fourth-order valence-electron chi connectivity index (χ4n) is 3.86. The molecule has 4 rings (SSSR count). The lowest BCUT2D eigenvalue weighted by molar-refractivity contribution is 0.0944. The van der Waals surface area contributed by atoms with E-state index in [1.54, 1.807) is 29.8 Å². The van der Waals surface area contributed by atoms with Crippen molar-refractivity contribution in [2.45, 2.75) is 39.7 Å². The number of rotatable bonds is 6. The minimum absolute atomic E-state index is 0.0362. The van der Waals surface area contributed by atoms with Gasteiger partial charge in [0, 0.05) is 21.2 Å². The summed E-state index contributed by atoms with van der Waals surface area (Å²) in [7, 11) is 0. The third-order valence-electron chi connectivity index (χ3n) is 6.05. The number of carbonyl (C=O) groups is 1. The third-order valence-corrected chi connectivity index (χ3v) is 6.81. The molecule has 0 bridgehead atoms. The van der Waals surface area contributed by atoms with Crippen molar-refractivity contribution in [2.75, 3.05) is 0 Å². The number of benzene rings is 3. The minimum Gasteiger partial charge on any atom is -0.506 e. The first kappa shape index (κ1) is 27.7. The van der Waals surface area contributed by atoms with Gasteiger partial charge in [-0.2, -0.15) is 10.2 Å². The van der Waals surface area contributed by atoms with Crippen molar-refractivity contribution < 1.29 is 9.90 Å². The summed E-state index contributed by atoms with van der Waals surface area (Å²) in [5.74, 6) is -0.628. The SMILES string of the molecule is C/C(=N\NC(=O)c1cc(-c2ccc(Cl)cc2)nn1Cc1ccc(C(C)(C)C)cc1)c1cc(Cl)cc(Cl)c1O. The predicted octanol–water partition coefficient (Wildman–Crippen LogP) is 7.72. The second-order valence-electron chi connectivity index (χ2n) is 9.95. The van der Waals surface area contributed by atoms with Crippen LogP contribution in [0.1, 0.15) is 54.9 Å². The molecule has 2 N–H and O–H groups in total. The molecule has 38 heavy (non-hydrogen) atoms. The van der Waals surface area contributed by atoms with Gasteiger partial charge in [-0.15, -0.1) is 0 Å². The minimum atomic E-state index is -0.462. The van der Waals surface area contributed by atoms with Gasteiger partial charge in [0.05, 0.1) is 23.0 Å². The largest absolute Gasteiger partial charge is 0.506 e. The second-order valence-corrected chi connectivity index (χ2v) is 11.2. The Kier molecular flexibility index (Phi) is 8.16. The maximum Gasteiger partial charge on any atom is 0.289 e. The zero-order chi connectivity index (χ0) is 27.6. The smallest absolute Gasteiger partial charge is 0.289 e. The second kappa shape index (κ2) is 11.2. The summed E-state index contributed by atoms with van der Waals surface area (Å²) in [5, 5.41) is 20.2. The summed E-state index contributed by atoms with van der Waals surface area (Å²) in [6.07, 6.45) is 0. The Balaban J connectivity index is 1.66. The first-order chi connectivity index (χ1) is 17.9. The summed E-state index contributed by atoms with van der Waals surface area (Å²) in [5.41, 5.74) is 7.23. The Morgan fingerprint density at radius 1 is 0.974 bits per heavy atom. The van der Waals surface area contributed by atoms with Crippen LogP contribution in [-0.4, -0.2) is 26.5 Å².